The molecular weight excluding hydrogens is 200 g/mol. The molecule has 0 rings (SSSR count). The highest BCUT2D eigenvalue weighted by Crippen LogP contribution is 2.12. The van der Waals surface area contributed by atoms with Crippen LogP contribution in [0, 0.1) is 0 Å². The van der Waals surface area contributed by atoms with E-state index < -0.39 is 9.05 Å². The summed E-state index contributed by atoms with van der Waals surface area (Å²) in [5.41, 5.74) is 0. The Kier molecular flexibility index (Phi) is 6.71. The zero-order chi connectivity index (χ0) is 10.2. The van der Waals surface area contributed by atoms with Crippen LogP contribution < -0.4 is 0 Å². The molecule has 0 aromatic carbocycles. The summed E-state index contributed by atoms with van der Waals surface area (Å²) in [4.78, 5) is 13.0. The molecule has 8 heteroatoms. The van der Waals surface area contributed by atoms with Gasteiger partial charge in [0.25, 0.3) is 0 Å². The molecule has 0 amide bonds. The van der Waals surface area contributed by atoms with Gasteiger partial charge < -0.3 is 4.43 Å². The first-order valence-electron chi connectivity index (χ1n) is 3.19. The summed E-state index contributed by atoms with van der Waals surface area (Å²) >= 11 is 0. The second kappa shape index (κ2) is 6.97. The average molecular weight is 212 g/mol. The molecule has 0 fully saturated rings. The van der Waals surface area contributed by atoms with Crippen LogP contribution in [0.25, 0.3) is 0 Å². The van der Waals surface area contributed by atoms with Crippen LogP contribution in [0.3, 0.4) is 0 Å². The predicted molar refractivity (Wildman–Crippen MR) is 41.3 cm³/mol. The van der Waals surface area contributed by atoms with Crippen LogP contribution in [0.1, 0.15) is 0 Å². The fourth-order valence-corrected chi connectivity index (χ4v) is 1.53. The first-order chi connectivity index (χ1) is 6.24. The molecule has 0 bridgehead atoms. The molecule has 0 aliphatic heterocycles. The summed E-state index contributed by atoms with van der Waals surface area (Å²) < 4.78 is 18.6. The third kappa shape index (κ3) is 4.33. The van der Waals surface area contributed by atoms with Crippen LogP contribution in [0.2, 0.25) is 0 Å². The molecule has 7 nitrogen and oxygen atoms in total. The van der Waals surface area contributed by atoms with Crippen molar-refractivity contribution < 1.29 is 32.8 Å². The molecule has 0 aliphatic carbocycles. The summed E-state index contributed by atoms with van der Waals surface area (Å²) in [5.74, 6) is 0. The smallest absolute Gasteiger partial charge is 0.484 e. The van der Waals surface area contributed by atoms with Gasteiger partial charge in [-0.15, -0.1) is 0 Å². The van der Waals surface area contributed by atoms with Gasteiger partial charge in [0.2, 0.25) is 0 Å². The molecule has 0 unspecified atom stereocenters. The van der Waals surface area contributed by atoms with Crippen molar-refractivity contribution in [3.05, 3.63) is 12.8 Å². The Labute approximate surface area is 77.0 Å². The molecule has 0 saturated carbocycles. The zero-order valence-corrected chi connectivity index (χ0v) is 8.64. The molecule has 0 saturated heterocycles. The minimum Gasteiger partial charge on any atom is -0.484 e. The van der Waals surface area contributed by atoms with Crippen LogP contribution in [0.5, 0.6) is 0 Å². The second-order valence-electron chi connectivity index (χ2n) is 1.53. The van der Waals surface area contributed by atoms with Gasteiger partial charge in [-0.25, -0.2) is 14.7 Å². The maximum atomic E-state index is 4.81. The van der Waals surface area contributed by atoms with Crippen LogP contribution in [-0.2, 0) is 32.8 Å². The Balaban J connectivity index is 4.27. The Morgan fingerprint density at radius 2 is 1.31 bits per heavy atom. The number of hydrogen-bond donors (Lipinski definition) is 0. The Hall–Kier alpha value is -0.483. The largest absolute Gasteiger partial charge is 0.834 e. The maximum Gasteiger partial charge on any atom is 0.834 e. The van der Waals surface area contributed by atoms with E-state index in [0.717, 1.165) is 6.26 Å². The van der Waals surface area contributed by atoms with Crippen molar-refractivity contribution in [2.24, 2.45) is 0 Å². The lowest BCUT2D eigenvalue weighted by Gasteiger charge is -2.20. The molecule has 0 spiro atoms. The molecule has 78 valence electrons. The highest BCUT2D eigenvalue weighted by atomic mass is 28.4. The van der Waals surface area contributed by atoms with Crippen molar-refractivity contribution in [2.45, 2.75) is 0 Å². The molecule has 0 N–H and O–H groups in total. The lowest BCUT2D eigenvalue weighted by atomic mass is 11.2. The minimum absolute atomic E-state index is 1.06. The molecule has 0 heterocycles. The highest BCUT2D eigenvalue weighted by molar-refractivity contribution is 6.52. The fraction of sp³-hybridized carbons (Fsp3) is 0.600. The average Bonchev–Trinajstić information content (AvgIpc) is 2.06. The van der Waals surface area contributed by atoms with E-state index in [9.17, 15) is 0 Å². The maximum absolute atomic E-state index is 4.81. The van der Waals surface area contributed by atoms with Crippen molar-refractivity contribution in [1.29, 1.82) is 0 Å². The summed E-state index contributed by atoms with van der Waals surface area (Å²) in [6.45, 7) is 3.30. The molecule has 0 aromatic rings. The van der Waals surface area contributed by atoms with Gasteiger partial charge in [-0.1, -0.05) is 6.58 Å². The highest BCUT2D eigenvalue weighted by Gasteiger charge is 2.53. The van der Waals surface area contributed by atoms with E-state index in [1.165, 1.54) is 21.3 Å². The number of hydrogen-bond acceptors (Lipinski definition) is 7. The van der Waals surface area contributed by atoms with E-state index in [1.807, 2.05) is 0 Å². The Bertz CT molecular complexity index is 124. The van der Waals surface area contributed by atoms with E-state index in [0.29, 0.717) is 0 Å². The summed E-state index contributed by atoms with van der Waals surface area (Å²) in [5, 5.41) is 0. The van der Waals surface area contributed by atoms with Crippen molar-refractivity contribution in [2.75, 3.05) is 21.3 Å². The zero-order valence-electron chi connectivity index (χ0n) is 7.64. The van der Waals surface area contributed by atoms with Crippen molar-refractivity contribution in [3.63, 3.8) is 0 Å². The Morgan fingerprint density at radius 1 is 0.923 bits per heavy atom. The van der Waals surface area contributed by atoms with Gasteiger partial charge in [0.05, 0.1) is 27.6 Å². The molecule has 13 heavy (non-hydrogen) atoms. The molecule has 0 aliphatic rings. The van der Waals surface area contributed by atoms with Gasteiger partial charge in [0.15, 0.2) is 0 Å². The SMILES string of the molecule is C=CO[Si](OOC)(OOC)OOC. The van der Waals surface area contributed by atoms with Gasteiger partial charge in [0.1, 0.15) is 0 Å². The second-order valence-corrected chi connectivity index (χ2v) is 3.27. The van der Waals surface area contributed by atoms with Crippen LogP contribution in [0.15, 0.2) is 12.8 Å². The van der Waals surface area contributed by atoms with Gasteiger partial charge in [-0.3, -0.25) is 0 Å². The van der Waals surface area contributed by atoms with E-state index >= 15 is 0 Å². The van der Waals surface area contributed by atoms with E-state index in [-0.39, 0.29) is 0 Å². The van der Waals surface area contributed by atoms with Gasteiger partial charge in [-0.2, -0.15) is 13.7 Å². The standard InChI is InChI=1S/C5H12O7Si/c1-5-9-13(10-6-2,11-7-3)12-8-4/h5H,1H2,2-4H3. The monoisotopic (exact) mass is 212 g/mol. The first kappa shape index (κ1) is 12.5. The molecule has 0 aromatic heterocycles. The van der Waals surface area contributed by atoms with Gasteiger partial charge in [0, 0.05) is 0 Å². The molecule has 0 radical (unpaired) electrons. The quantitative estimate of drug-likeness (QED) is 0.248. The van der Waals surface area contributed by atoms with Crippen molar-refractivity contribution in [3.8, 4) is 0 Å². The predicted octanol–water partition coefficient (Wildman–Crippen LogP) is 0.316. The normalized spacial score (nSPS) is 11.3. The minimum atomic E-state index is -3.58. The van der Waals surface area contributed by atoms with Gasteiger partial charge in [-0.05, 0) is 0 Å². The van der Waals surface area contributed by atoms with Crippen LogP contribution in [0.4, 0.5) is 0 Å². The lowest BCUT2D eigenvalue weighted by Crippen LogP contribution is -2.47. The molecular formula is C5H12O7Si. The van der Waals surface area contributed by atoms with Gasteiger partial charge >= 0.3 is 9.05 Å². The summed E-state index contributed by atoms with van der Waals surface area (Å²) in [6, 6.07) is 0. The van der Waals surface area contributed by atoms with Crippen LogP contribution >= 0.6 is 0 Å². The lowest BCUT2D eigenvalue weighted by molar-refractivity contribution is -0.366. The van der Waals surface area contributed by atoms with E-state index in [4.69, 9.17) is 4.43 Å². The first-order valence-corrected chi connectivity index (χ1v) is 4.82. The third-order valence-electron chi connectivity index (χ3n) is 0.784. The van der Waals surface area contributed by atoms with Crippen molar-refractivity contribution >= 4 is 9.05 Å². The van der Waals surface area contributed by atoms with Crippen LogP contribution in [-0.4, -0.2) is 30.4 Å². The van der Waals surface area contributed by atoms with E-state index in [2.05, 4.69) is 35.0 Å². The number of rotatable bonds is 8. The third-order valence-corrected chi connectivity index (χ3v) is 2.35. The molecule has 0 atom stereocenters. The summed E-state index contributed by atoms with van der Waals surface area (Å²) in [7, 11) is 0.188. The fourth-order valence-electron chi connectivity index (χ4n) is 0.509. The summed E-state index contributed by atoms with van der Waals surface area (Å²) in [6.07, 6.45) is 1.06. The Morgan fingerprint density at radius 3 is 1.54 bits per heavy atom. The van der Waals surface area contributed by atoms with E-state index in [1.54, 1.807) is 0 Å². The van der Waals surface area contributed by atoms with Crippen molar-refractivity contribution in [1.82, 2.24) is 0 Å². The topological polar surface area (TPSA) is 64.6 Å².